The molecule has 0 saturated heterocycles. The molecule has 20 heavy (non-hydrogen) atoms. The highest BCUT2D eigenvalue weighted by Gasteiger charge is 2.39. The van der Waals surface area contributed by atoms with Gasteiger partial charge in [-0.1, -0.05) is 36.4 Å². The molecule has 5 heteroatoms. The first kappa shape index (κ1) is 14.4. The van der Waals surface area contributed by atoms with Crippen molar-refractivity contribution in [3.63, 3.8) is 0 Å². The third kappa shape index (κ3) is 3.09. The minimum atomic E-state index is -4.70. The highest BCUT2D eigenvalue weighted by molar-refractivity contribution is 5.83. The van der Waals surface area contributed by atoms with Gasteiger partial charge in [0.1, 0.15) is 0 Å². The molecule has 1 unspecified atom stereocenters. The molecule has 2 aromatic rings. The van der Waals surface area contributed by atoms with Crippen molar-refractivity contribution in [2.24, 2.45) is 0 Å². The molecule has 2 rings (SSSR count). The van der Waals surface area contributed by atoms with Gasteiger partial charge in [-0.05, 0) is 22.4 Å². The second-order valence-electron chi connectivity index (χ2n) is 4.58. The molecule has 0 aliphatic carbocycles. The normalized spacial score (nSPS) is 14.8. The Balaban J connectivity index is 2.28. The van der Waals surface area contributed by atoms with E-state index in [1.165, 1.54) is 0 Å². The zero-order chi connectivity index (χ0) is 14.8. The van der Waals surface area contributed by atoms with Gasteiger partial charge in [-0.15, -0.1) is 0 Å². The first-order chi connectivity index (χ1) is 9.41. The lowest BCUT2D eigenvalue weighted by Gasteiger charge is -2.17. The summed E-state index contributed by atoms with van der Waals surface area (Å²) in [5.74, 6) is -0.990. The Morgan fingerprint density at radius 2 is 1.75 bits per heavy atom. The molecule has 0 radical (unpaired) electrons. The molecule has 0 saturated carbocycles. The van der Waals surface area contributed by atoms with Crippen LogP contribution >= 0.6 is 0 Å². The van der Waals surface area contributed by atoms with Gasteiger partial charge >= 0.3 is 6.18 Å². The molecule has 0 bridgehead atoms. The Hall–Kier alpha value is -2.06. The fraction of sp³-hybridized carbons (Fsp3) is 0.267. The van der Waals surface area contributed by atoms with E-state index in [2.05, 4.69) is 0 Å². The van der Waals surface area contributed by atoms with Crippen LogP contribution in [0.15, 0.2) is 42.5 Å². The first-order valence-electron chi connectivity index (χ1n) is 6.05. The largest absolute Gasteiger partial charge is 0.414 e. The molecule has 2 atom stereocenters. The van der Waals surface area contributed by atoms with Crippen molar-refractivity contribution in [3.05, 3.63) is 48.0 Å². The van der Waals surface area contributed by atoms with E-state index in [1.54, 1.807) is 18.2 Å². The molecule has 0 fully saturated rings. The van der Waals surface area contributed by atoms with Crippen LogP contribution in [0.1, 0.15) is 17.9 Å². The number of hydrogen-bond acceptors (Lipinski definition) is 2. The van der Waals surface area contributed by atoms with Crippen LogP contribution in [0.4, 0.5) is 13.2 Å². The van der Waals surface area contributed by atoms with Crippen LogP contribution in [-0.2, 0) is 0 Å². The van der Waals surface area contributed by atoms with Crippen LogP contribution in [-0.4, -0.2) is 17.4 Å². The summed E-state index contributed by atoms with van der Waals surface area (Å²) in [6, 6.07) is 14.3. The summed E-state index contributed by atoms with van der Waals surface area (Å²) in [4.78, 5) is 0. The fourth-order valence-electron chi connectivity index (χ4n) is 2.04. The molecule has 0 spiro atoms. The predicted molar refractivity (Wildman–Crippen MR) is 69.0 cm³/mol. The number of alkyl halides is 3. The van der Waals surface area contributed by atoms with E-state index in [4.69, 9.17) is 10.4 Å². The van der Waals surface area contributed by atoms with E-state index < -0.39 is 24.6 Å². The molecule has 0 amide bonds. The van der Waals surface area contributed by atoms with Crippen LogP contribution in [0, 0.1) is 11.3 Å². The molecule has 0 heterocycles. The average molecular weight is 279 g/mol. The predicted octanol–water partition coefficient (Wildman–Crippen LogP) is 3.76. The Morgan fingerprint density at radius 3 is 2.35 bits per heavy atom. The van der Waals surface area contributed by atoms with Crippen LogP contribution in [0.3, 0.4) is 0 Å². The molecule has 2 nitrogen and oxygen atoms in total. The highest BCUT2D eigenvalue weighted by Crippen LogP contribution is 2.30. The van der Waals surface area contributed by atoms with Gasteiger partial charge in [0, 0.05) is 6.42 Å². The number of aliphatic hydroxyl groups is 1. The molecule has 0 aromatic heterocycles. The van der Waals surface area contributed by atoms with Crippen LogP contribution in [0.25, 0.3) is 10.8 Å². The monoisotopic (exact) mass is 279 g/mol. The Bertz CT molecular complexity index is 645. The van der Waals surface area contributed by atoms with Crippen molar-refractivity contribution in [2.45, 2.75) is 24.6 Å². The second-order valence-corrected chi connectivity index (χ2v) is 4.58. The zero-order valence-corrected chi connectivity index (χ0v) is 10.4. The number of rotatable bonds is 3. The van der Waals surface area contributed by atoms with Gasteiger partial charge in [0.2, 0.25) is 0 Å². The smallest absolute Gasteiger partial charge is 0.384 e. The van der Waals surface area contributed by atoms with E-state index >= 15 is 0 Å². The second kappa shape index (κ2) is 5.51. The van der Waals surface area contributed by atoms with Gasteiger partial charge in [0.05, 0.1) is 12.0 Å². The number of nitriles is 1. The highest BCUT2D eigenvalue weighted by atomic mass is 19.4. The maximum Gasteiger partial charge on any atom is 0.414 e. The lowest BCUT2D eigenvalue weighted by atomic mass is 9.92. The first-order valence-corrected chi connectivity index (χ1v) is 6.05. The van der Waals surface area contributed by atoms with Gasteiger partial charge in [0.25, 0.3) is 0 Å². The average Bonchev–Trinajstić information content (AvgIpc) is 2.43. The van der Waals surface area contributed by atoms with Gasteiger partial charge in [-0.2, -0.15) is 18.4 Å². The third-order valence-corrected chi connectivity index (χ3v) is 3.17. The van der Waals surface area contributed by atoms with Crippen LogP contribution in [0.5, 0.6) is 0 Å². The summed E-state index contributed by atoms with van der Waals surface area (Å²) in [5.41, 5.74) is 0.481. The molecular formula is C15H12F3NO. The maximum atomic E-state index is 12.4. The lowest BCUT2D eigenvalue weighted by molar-refractivity contribution is -0.205. The fourth-order valence-corrected chi connectivity index (χ4v) is 2.04. The Labute approximate surface area is 114 Å². The number of nitrogens with zero attached hydrogens (tertiary/aromatic N) is 1. The third-order valence-electron chi connectivity index (χ3n) is 3.17. The van der Waals surface area contributed by atoms with E-state index in [0.717, 1.165) is 10.8 Å². The molecule has 1 N–H and O–H groups in total. The summed E-state index contributed by atoms with van der Waals surface area (Å²) in [6.07, 6.45) is -7.84. The number of aliphatic hydroxyl groups excluding tert-OH is 1. The van der Waals surface area contributed by atoms with E-state index in [9.17, 15) is 13.2 Å². The minimum absolute atomic E-state index is 0.481. The quantitative estimate of drug-likeness (QED) is 0.929. The topological polar surface area (TPSA) is 44.0 Å². The lowest BCUT2D eigenvalue weighted by Crippen LogP contribution is -2.30. The van der Waals surface area contributed by atoms with Gasteiger partial charge in [0.15, 0.2) is 6.10 Å². The molecule has 0 aliphatic heterocycles. The Morgan fingerprint density at radius 1 is 1.10 bits per heavy atom. The van der Waals surface area contributed by atoms with Crippen molar-refractivity contribution < 1.29 is 18.3 Å². The van der Waals surface area contributed by atoms with Gasteiger partial charge in [-0.25, -0.2) is 0 Å². The van der Waals surface area contributed by atoms with Crippen molar-refractivity contribution in [1.29, 1.82) is 5.26 Å². The van der Waals surface area contributed by atoms with Gasteiger partial charge < -0.3 is 5.11 Å². The Kier molecular flexibility index (Phi) is 3.96. The minimum Gasteiger partial charge on any atom is -0.384 e. The number of fused-ring (bicyclic) bond motifs is 1. The van der Waals surface area contributed by atoms with Crippen LogP contribution < -0.4 is 0 Å². The van der Waals surface area contributed by atoms with Crippen molar-refractivity contribution in [1.82, 2.24) is 0 Å². The molecule has 0 aliphatic rings. The molecular weight excluding hydrogens is 267 g/mol. The van der Waals surface area contributed by atoms with Crippen LogP contribution in [0.2, 0.25) is 0 Å². The molecule has 2 aromatic carbocycles. The summed E-state index contributed by atoms with van der Waals surface area (Å²) in [6.45, 7) is 0. The van der Waals surface area contributed by atoms with Crippen molar-refractivity contribution in [3.8, 4) is 6.07 Å². The van der Waals surface area contributed by atoms with E-state index in [0.29, 0.717) is 5.56 Å². The SMILES string of the molecule is N#CC(C[C@H](O)C(F)(F)F)c1ccc2ccccc2c1. The summed E-state index contributed by atoms with van der Waals surface area (Å²) in [5, 5.41) is 19.9. The van der Waals surface area contributed by atoms with E-state index in [-0.39, 0.29) is 0 Å². The number of halogens is 3. The van der Waals surface area contributed by atoms with Gasteiger partial charge in [-0.3, -0.25) is 0 Å². The van der Waals surface area contributed by atoms with Crippen molar-refractivity contribution in [2.75, 3.05) is 0 Å². The number of benzene rings is 2. The summed E-state index contributed by atoms with van der Waals surface area (Å²) < 4.78 is 37.1. The van der Waals surface area contributed by atoms with E-state index in [1.807, 2.05) is 30.3 Å². The number of hydrogen-bond donors (Lipinski definition) is 1. The standard InChI is InChI=1S/C15H12F3NO/c16-15(17,18)14(20)8-13(9-19)12-6-5-10-3-1-2-4-11(10)7-12/h1-7,13-14,20H,8H2/t13?,14-/m0/s1. The molecule has 104 valence electrons. The van der Waals surface area contributed by atoms with Crippen molar-refractivity contribution >= 4 is 10.8 Å². The summed E-state index contributed by atoms with van der Waals surface area (Å²) in [7, 11) is 0. The summed E-state index contributed by atoms with van der Waals surface area (Å²) >= 11 is 0. The maximum absolute atomic E-state index is 12.4. The zero-order valence-electron chi connectivity index (χ0n) is 10.4.